The molecule has 1 saturated heterocycles. The maximum absolute atomic E-state index is 12.6. The van der Waals surface area contributed by atoms with Crippen molar-refractivity contribution in [1.29, 1.82) is 0 Å². The smallest absolute Gasteiger partial charge is 0.269 e. The van der Waals surface area contributed by atoms with Crippen LogP contribution in [0, 0.1) is 0 Å². The first-order valence-corrected chi connectivity index (χ1v) is 9.44. The lowest BCUT2D eigenvalue weighted by molar-refractivity contribution is 0.155. The molecule has 1 aliphatic rings. The minimum absolute atomic E-state index is 0.0399. The Kier molecular flexibility index (Phi) is 5.67. The van der Waals surface area contributed by atoms with Crippen LogP contribution in [-0.4, -0.2) is 50.4 Å². The summed E-state index contributed by atoms with van der Waals surface area (Å²) in [6.45, 7) is 6.69. The molecule has 142 valence electrons. The van der Waals surface area contributed by atoms with E-state index in [9.17, 15) is 4.79 Å². The summed E-state index contributed by atoms with van der Waals surface area (Å²) in [5, 5.41) is 5.10. The number of rotatable bonds is 5. The van der Waals surface area contributed by atoms with Gasteiger partial charge in [0.25, 0.3) is 5.56 Å². The monoisotopic (exact) mass is 378 g/mol. The SMILES string of the molecule is CC(C)N(C)c1cnn(C2CCCN(Cc3ncc(Cl)n3C)C2)c(=O)c1. The van der Waals surface area contributed by atoms with E-state index in [1.54, 1.807) is 23.1 Å². The highest BCUT2D eigenvalue weighted by atomic mass is 35.5. The Morgan fingerprint density at radius 3 is 2.77 bits per heavy atom. The highest BCUT2D eigenvalue weighted by molar-refractivity contribution is 6.29. The topological polar surface area (TPSA) is 59.2 Å². The van der Waals surface area contributed by atoms with Gasteiger partial charge >= 0.3 is 0 Å². The highest BCUT2D eigenvalue weighted by Crippen LogP contribution is 2.22. The quantitative estimate of drug-likeness (QED) is 0.799. The Hall–Kier alpha value is -1.86. The lowest BCUT2D eigenvalue weighted by atomic mass is 10.1. The minimum atomic E-state index is -0.0399. The average molecular weight is 379 g/mol. The van der Waals surface area contributed by atoms with Gasteiger partial charge in [0.1, 0.15) is 11.0 Å². The van der Waals surface area contributed by atoms with E-state index < -0.39 is 0 Å². The number of halogens is 1. The zero-order valence-corrected chi connectivity index (χ0v) is 16.6. The summed E-state index contributed by atoms with van der Waals surface area (Å²) in [5.41, 5.74) is 0.818. The fourth-order valence-electron chi connectivity index (χ4n) is 3.32. The maximum atomic E-state index is 12.6. The molecule has 2 aromatic heterocycles. The molecule has 1 unspecified atom stereocenters. The standard InChI is InChI=1S/C18H27ClN6O/c1-13(2)22(3)15-8-18(26)25(21-9-15)14-6-5-7-24(11-14)12-17-20-10-16(19)23(17)4/h8-10,13-14H,5-7,11-12H2,1-4H3. The molecule has 1 fully saturated rings. The number of piperidine rings is 1. The Morgan fingerprint density at radius 1 is 1.38 bits per heavy atom. The molecule has 0 saturated carbocycles. The van der Waals surface area contributed by atoms with Crippen molar-refractivity contribution in [2.45, 2.75) is 45.3 Å². The van der Waals surface area contributed by atoms with E-state index in [0.29, 0.717) is 11.2 Å². The van der Waals surface area contributed by atoms with Crippen LogP contribution in [0.15, 0.2) is 23.3 Å². The van der Waals surface area contributed by atoms with Gasteiger partial charge in [0.2, 0.25) is 0 Å². The van der Waals surface area contributed by atoms with Crippen molar-refractivity contribution in [2.24, 2.45) is 7.05 Å². The molecule has 0 N–H and O–H groups in total. The molecule has 0 aromatic carbocycles. The fraction of sp³-hybridized carbons (Fsp3) is 0.611. The van der Waals surface area contributed by atoms with Gasteiger partial charge in [-0.25, -0.2) is 9.67 Å². The van der Waals surface area contributed by atoms with Crippen molar-refractivity contribution in [3.63, 3.8) is 0 Å². The maximum Gasteiger partial charge on any atom is 0.269 e. The van der Waals surface area contributed by atoms with Crippen LogP contribution in [0.1, 0.15) is 38.6 Å². The fourth-order valence-corrected chi connectivity index (χ4v) is 3.47. The van der Waals surface area contributed by atoms with E-state index >= 15 is 0 Å². The molecule has 0 bridgehead atoms. The van der Waals surface area contributed by atoms with Gasteiger partial charge in [-0.1, -0.05) is 11.6 Å². The van der Waals surface area contributed by atoms with Crippen LogP contribution >= 0.6 is 11.6 Å². The lowest BCUT2D eigenvalue weighted by Gasteiger charge is -2.33. The molecule has 26 heavy (non-hydrogen) atoms. The zero-order valence-electron chi connectivity index (χ0n) is 15.9. The molecular formula is C18H27ClN6O. The number of likely N-dealkylation sites (tertiary alicyclic amines) is 1. The third-order valence-corrected chi connectivity index (χ3v) is 5.56. The van der Waals surface area contributed by atoms with Crippen molar-refractivity contribution in [3.8, 4) is 0 Å². The molecular weight excluding hydrogens is 352 g/mol. The predicted molar refractivity (Wildman–Crippen MR) is 104 cm³/mol. The van der Waals surface area contributed by atoms with Crippen LogP contribution in [0.4, 0.5) is 5.69 Å². The summed E-state index contributed by atoms with van der Waals surface area (Å²) in [5.74, 6) is 0.935. The van der Waals surface area contributed by atoms with Crippen LogP contribution in [-0.2, 0) is 13.6 Å². The van der Waals surface area contributed by atoms with Gasteiger partial charge in [0.05, 0.1) is 30.7 Å². The Balaban J connectivity index is 1.73. The number of imidazole rings is 1. The molecule has 0 aliphatic carbocycles. The second-order valence-corrected chi connectivity index (χ2v) is 7.68. The van der Waals surface area contributed by atoms with Crippen molar-refractivity contribution >= 4 is 17.3 Å². The number of anilines is 1. The van der Waals surface area contributed by atoms with Gasteiger partial charge in [0, 0.05) is 32.7 Å². The molecule has 0 amide bonds. The second-order valence-electron chi connectivity index (χ2n) is 7.29. The van der Waals surface area contributed by atoms with Crippen LogP contribution in [0.2, 0.25) is 5.15 Å². The van der Waals surface area contributed by atoms with Gasteiger partial charge < -0.3 is 9.47 Å². The van der Waals surface area contributed by atoms with Gasteiger partial charge in [0.15, 0.2) is 0 Å². The zero-order chi connectivity index (χ0) is 18.8. The molecule has 0 radical (unpaired) electrons. The van der Waals surface area contributed by atoms with E-state index in [0.717, 1.165) is 44.0 Å². The van der Waals surface area contributed by atoms with E-state index in [2.05, 4.69) is 33.7 Å². The Labute approximate surface area is 159 Å². The number of hydrogen-bond donors (Lipinski definition) is 0. The van der Waals surface area contributed by atoms with E-state index in [4.69, 9.17) is 11.6 Å². The molecule has 1 atom stereocenters. The van der Waals surface area contributed by atoms with Crippen molar-refractivity contribution in [2.75, 3.05) is 25.0 Å². The van der Waals surface area contributed by atoms with Gasteiger partial charge in [-0.05, 0) is 33.2 Å². The second kappa shape index (κ2) is 7.80. The summed E-state index contributed by atoms with van der Waals surface area (Å²) in [4.78, 5) is 21.3. The van der Waals surface area contributed by atoms with E-state index in [1.807, 2.05) is 18.7 Å². The molecule has 3 heterocycles. The number of hydrogen-bond acceptors (Lipinski definition) is 5. The van der Waals surface area contributed by atoms with Crippen molar-refractivity contribution < 1.29 is 0 Å². The minimum Gasteiger partial charge on any atom is -0.371 e. The summed E-state index contributed by atoms with van der Waals surface area (Å²) in [6, 6.07) is 2.09. The molecule has 1 aliphatic heterocycles. The van der Waals surface area contributed by atoms with Gasteiger partial charge in [-0.15, -0.1) is 0 Å². The number of nitrogens with zero attached hydrogens (tertiary/aromatic N) is 6. The summed E-state index contributed by atoms with van der Waals surface area (Å²) in [7, 11) is 3.90. The molecule has 3 rings (SSSR count). The summed E-state index contributed by atoms with van der Waals surface area (Å²) in [6.07, 6.45) is 5.46. The predicted octanol–water partition coefficient (Wildman–Crippen LogP) is 2.31. The largest absolute Gasteiger partial charge is 0.371 e. The molecule has 7 nitrogen and oxygen atoms in total. The summed E-state index contributed by atoms with van der Waals surface area (Å²) >= 11 is 6.08. The lowest BCUT2D eigenvalue weighted by Crippen LogP contribution is -2.41. The van der Waals surface area contributed by atoms with E-state index in [1.165, 1.54) is 0 Å². The van der Waals surface area contributed by atoms with E-state index in [-0.39, 0.29) is 11.6 Å². The molecule has 2 aromatic rings. The molecule has 0 spiro atoms. The third-order valence-electron chi connectivity index (χ3n) is 5.21. The first-order chi connectivity index (χ1) is 12.4. The van der Waals surface area contributed by atoms with Crippen molar-refractivity contribution in [3.05, 3.63) is 39.8 Å². The van der Waals surface area contributed by atoms with Crippen LogP contribution in [0.3, 0.4) is 0 Å². The highest BCUT2D eigenvalue weighted by Gasteiger charge is 2.24. The Morgan fingerprint density at radius 2 is 2.15 bits per heavy atom. The summed E-state index contributed by atoms with van der Waals surface area (Å²) < 4.78 is 3.53. The number of aromatic nitrogens is 4. The average Bonchev–Trinajstić information content (AvgIpc) is 2.93. The third kappa shape index (κ3) is 3.94. The van der Waals surface area contributed by atoms with Crippen molar-refractivity contribution in [1.82, 2.24) is 24.2 Å². The molecule has 8 heteroatoms. The first-order valence-electron chi connectivity index (χ1n) is 9.07. The normalized spacial score (nSPS) is 18.5. The van der Waals surface area contributed by atoms with Crippen LogP contribution in [0.5, 0.6) is 0 Å². The Bertz CT molecular complexity index is 814. The van der Waals surface area contributed by atoms with Gasteiger partial charge in [-0.3, -0.25) is 9.69 Å². The first kappa shape index (κ1) is 18.9. The van der Waals surface area contributed by atoms with Gasteiger partial charge in [-0.2, -0.15) is 5.10 Å². The van der Waals surface area contributed by atoms with Crippen LogP contribution in [0.25, 0.3) is 0 Å². The van der Waals surface area contributed by atoms with Crippen LogP contribution < -0.4 is 10.5 Å².